The van der Waals surface area contributed by atoms with Crippen molar-refractivity contribution in [3.63, 3.8) is 0 Å². The molecule has 0 bridgehead atoms. The molecule has 0 aliphatic carbocycles. The van der Waals surface area contributed by atoms with Crippen molar-refractivity contribution < 1.29 is 23.9 Å². The van der Waals surface area contributed by atoms with E-state index in [1.165, 1.54) is 11.1 Å². The quantitative estimate of drug-likeness (QED) is 0.0675. The zero-order chi connectivity index (χ0) is 38.7. The third kappa shape index (κ3) is 13.6. The first-order valence-corrected chi connectivity index (χ1v) is 19.3. The number of urea groups is 1. The van der Waals surface area contributed by atoms with Crippen LogP contribution in [0.3, 0.4) is 0 Å². The number of carbonyl (C=O) groups is 3. The second kappa shape index (κ2) is 21.4. The Hall–Kier alpha value is -5.31. The highest BCUT2D eigenvalue weighted by Gasteiger charge is 2.24. The lowest BCUT2D eigenvalue weighted by molar-refractivity contribution is 0.199. The maximum atomic E-state index is 12.2. The van der Waals surface area contributed by atoms with E-state index in [1.54, 1.807) is 0 Å². The van der Waals surface area contributed by atoms with Crippen molar-refractivity contribution in [3.05, 3.63) is 131 Å². The van der Waals surface area contributed by atoms with E-state index in [0.717, 1.165) is 62.5 Å². The fraction of sp³-hybridized carbons (Fsp3) is 0.400. The van der Waals surface area contributed by atoms with Gasteiger partial charge in [-0.1, -0.05) is 138 Å². The van der Waals surface area contributed by atoms with Gasteiger partial charge in [0.05, 0.1) is 0 Å². The smallest absolute Gasteiger partial charge is 0.410 e. The van der Waals surface area contributed by atoms with Gasteiger partial charge in [-0.2, -0.15) is 0 Å². The van der Waals surface area contributed by atoms with E-state index in [9.17, 15) is 14.4 Å². The average molecular weight is 735 g/mol. The molecule has 4 aromatic rings. The topological polar surface area (TPSA) is 118 Å². The Morgan fingerprint density at radius 3 is 1.04 bits per heavy atom. The number of carbonyl (C=O) groups excluding carboxylic acids is 3. The summed E-state index contributed by atoms with van der Waals surface area (Å²) in [7, 11) is 0. The maximum absolute atomic E-state index is 12.2. The first kappa shape index (κ1) is 41.4. The van der Waals surface area contributed by atoms with Gasteiger partial charge in [0, 0.05) is 37.0 Å². The Morgan fingerprint density at radius 2 is 0.704 bits per heavy atom. The lowest BCUT2D eigenvalue weighted by atomic mass is 9.78. The largest absolute Gasteiger partial charge is 0.412 e. The van der Waals surface area contributed by atoms with E-state index >= 15 is 0 Å². The maximum Gasteiger partial charge on any atom is 0.412 e. The Bertz CT molecular complexity index is 1580. The fourth-order valence-electron chi connectivity index (χ4n) is 6.26. The van der Waals surface area contributed by atoms with Crippen molar-refractivity contribution in [2.24, 2.45) is 0 Å². The highest BCUT2D eigenvalue weighted by molar-refractivity contribution is 5.73. The molecule has 0 atom stereocenters. The van der Waals surface area contributed by atoms with Gasteiger partial charge < -0.3 is 30.7 Å². The van der Waals surface area contributed by atoms with E-state index < -0.39 is 12.2 Å². The first-order valence-electron chi connectivity index (χ1n) is 19.3. The summed E-state index contributed by atoms with van der Waals surface area (Å²) in [6.07, 6.45) is 6.30. The van der Waals surface area contributed by atoms with Crippen LogP contribution in [0.25, 0.3) is 0 Å². The predicted molar refractivity (Wildman–Crippen MR) is 216 cm³/mol. The molecular weight excluding hydrogens is 677 g/mol. The second-order valence-electron chi connectivity index (χ2n) is 14.7. The van der Waals surface area contributed by atoms with Gasteiger partial charge in [-0.05, 0) is 72.2 Å². The van der Waals surface area contributed by atoms with Gasteiger partial charge in [0.2, 0.25) is 0 Å². The number of benzene rings is 4. The van der Waals surface area contributed by atoms with Gasteiger partial charge in [-0.15, -0.1) is 0 Å². The van der Waals surface area contributed by atoms with Crippen LogP contribution < -0.4 is 30.7 Å². The zero-order valence-electron chi connectivity index (χ0n) is 32.4. The lowest BCUT2D eigenvalue weighted by Crippen LogP contribution is -2.36. The normalized spacial score (nSPS) is 11.3. The SMILES string of the molecule is CC(C)(c1ccccc1)c1ccc(OC(=O)NCCCCCCNC(=O)NCCCCCCNC(=O)Oc2ccc(C(C)(C)c3ccccc3)cc2)cc1. The number of hydrogen-bond acceptors (Lipinski definition) is 5. The molecule has 4 amide bonds. The van der Waals surface area contributed by atoms with Crippen molar-refractivity contribution in [2.75, 3.05) is 26.2 Å². The third-order valence-electron chi connectivity index (χ3n) is 9.88. The molecule has 0 aliphatic heterocycles. The van der Waals surface area contributed by atoms with E-state index in [1.807, 2.05) is 84.9 Å². The molecule has 4 aromatic carbocycles. The summed E-state index contributed by atoms with van der Waals surface area (Å²) in [4.78, 5) is 36.6. The number of ether oxygens (including phenoxy) is 2. The summed E-state index contributed by atoms with van der Waals surface area (Å²) in [5, 5.41) is 11.4. The summed E-state index contributed by atoms with van der Waals surface area (Å²) < 4.78 is 10.9. The Morgan fingerprint density at radius 1 is 0.407 bits per heavy atom. The molecule has 0 aliphatic rings. The molecule has 4 N–H and O–H groups in total. The molecule has 0 unspecified atom stereocenters. The monoisotopic (exact) mass is 734 g/mol. The molecule has 0 aromatic heterocycles. The Labute approximate surface area is 321 Å². The van der Waals surface area contributed by atoms with E-state index in [4.69, 9.17) is 9.47 Å². The molecule has 4 rings (SSSR count). The second-order valence-corrected chi connectivity index (χ2v) is 14.7. The summed E-state index contributed by atoms with van der Waals surface area (Å²) >= 11 is 0. The van der Waals surface area contributed by atoms with Crippen molar-refractivity contribution >= 4 is 18.2 Å². The molecule has 0 fully saturated rings. The van der Waals surface area contributed by atoms with Gasteiger partial charge >= 0.3 is 18.2 Å². The van der Waals surface area contributed by atoms with Crippen molar-refractivity contribution in [1.29, 1.82) is 0 Å². The Balaban J connectivity index is 0.936. The summed E-state index contributed by atoms with van der Waals surface area (Å²) in [5.74, 6) is 1.02. The van der Waals surface area contributed by atoms with Gasteiger partial charge in [-0.25, -0.2) is 14.4 Å². The molecule has 0 heterocycles. The highest BCUT2D eigenvalue weighted by Crippen LogP contribution is 2.33. The van der Waals surface area contributed by atoms with Crippen LogP contribution in [0, 0.1) is 0 Å². The third-order valence-corrected chi connectivity index (χ3v) is 9.88. The van der Waals surface area contributed by atoms with Crippen LogP contribution in [-0.4, -0.2) is 44.4 Å². The Kier molecular flexibility index (Phi) is 16.4. The van der Waals surface area contributed by atoms with Crippen LogP contribution in [-0.2, 0) is 10.8 Å². The fourth-order valence-corrected chi connectivity index (χ4v) is 6.26. The molecule has 0 saturated heterocycles. The minimum Gasteiger partial charge on any atom is -0.410 e. The van der Waals surface area contributed by atoms with Gasteiger partial charge in [-0.3, -0.25) is 0 Å². The number of rotatable bonds is 20. The molecule has 9 nitrogen and oxygen atoms in total. The van der Waals surface area contributed by atoms with Gasteiger partial charge in [0.15, 0.2) is 0 Å². The molecule has 9 heteroatoms. The van der Waals surface area contributed by atoms with Crippen molar-refractivity contribution in [3.8, 4) is 11.5 Å². The first-order chi connectivity index (χ1) is 26.1. The molecule has 0 spiro atoms. The van der Waals surface area contributed by atoms with E-state index in [0.29, 0.717) is 37.7 Å². The molecular formula is C45H58N4O5. The van der Waals surface area contributed by atoms with Crippen molar-refractivity contribution in [1.82, 2.24) is 21.3 Å². The van der Waals surface area contributed by atoms with Crippen molar-refractivity contribution in [2.45, 2.75) is 89.9 Å². The standard InChI is InChI=1S/C45H58N4O5/c1-44(2,35-19-11-9-12-20-35)37-23-27-39(28-24-37)53-42(51)48-33-17-7-5-15-31-46-41(50)47-32-16-6-8-18-34-49-43(52)54-40-29-25-38(26-30-40)45(3,4)36-21-13-10-14-22-36/h9-14,19-30H,5-8,15-18,31-34H2,1-4H3,(H,48,51)(H,49,52)(H2,46,47,50). The molecule has 288 valence electrons. The van der Waals surface area contributed by atoms with Gasteiger partial charge in [0.1, 0.15) is 11.5 Å². The van der Waals surface area contributed by atoms with E-state index in [-0.39, 0.29) is 16.9 Å². The molecule has 54 heavy (non-hydrogen) atoms. The number of nitrogens with one attached hydrogen (secondary N) is 4. The van der Waals surface area contributed by atoms with Crippen LogP contribution in [0.4, 0.5) is 14.4 Å². The van der Waals surface area contributed by atoms with Crippen LogP contribution in [0.2, 0.25) is 0 Å². The van der Waals surface area contributed by atoms with Crippen LogP contribution in [0.5, 0.6) is 11.5 Å². The van der Waals surface area contributed by atoms with E-state index in [2.05, 4.69) is 73.2 Å². The summed E-state index contributed by atoms with van der Waals surface area (Å²) in [6, 6.07) is 35.9. The number of hydrogen-bond donors (Lipinski definition) is 4. The predicted octanol–water partition coefficient (Wildman–Crippen LogP) is 9.64. The van der Waals surface area contributed by atoms with Crippen LogP contribution in [0.1, 0.15) is 101 Å². The van der Waals surface area contributed by atoms with Crippen LogP contribution >= 0.6 is 0 Å². The summed E-state index contributed by atoms with van der Waals surface area (Å²) in [5.41, 5.74) is 4.44. The number of amides is 4. The summed E-state index contributed by atoms with van der Waals surface area (Å²) in [6.45, 7) is 11.0. The molecule has 0 saturated carbocycles. The zero-order valence-corrected chi connectivity index (χ0v) is 32.4. The van der Waals surface area contributed by atoms with Gasteiger partial charge in [0.25, 0.3) is 0 Å². The molecule has 0 radical (unpaired) electrons. The lowest BCUT2D eigenvalue weighted by Gasteiger charge is -2.26. The van der Waals surface area contributed by atoms with Crippen LogP contribution in [0.15, 0.2) is 109 Å². The minimum atomic E-state index is -0.457. The average Bonchev–Trinajstić information content (AvgIpc) is 3.18. The minimum absolute atomic E-state index is 0.153. The highest BCUT2D eigenvalue weighted by atomic mass is 16.6. The number of unbranched alkanes of at least 4 members (excludes halogenated alkanes) is 6.